The first-order valence-corrected chi connectivity index (χ1v) is 6.96. The van der Waals surface area contributed by atoms with Gasteiger partial charge < -0.3 is 0 Å². The summed E-state index contributed by atoms with van der Waals surface area (Å²) in [6.07, 6.45) is 1.81. The lowest BCUT2D eigenvalue weighted by molar-refractivity contribution is 0.464. The largest absolute Gasteiger partial charge is 0.243 e. The quantitative estimate of drug-likeness (QED) is 0.844. The van der Waals surface area contributed by atoms with Crippen LogP contribution in [0.5, 0.6) is 0 Å². The Bertz CT molecular complexity index is 588. The van der Waals surface area contributed by atoms with Crippen molar-refractivity contribution in [3.05, 3.63) is 28.8 Å². The van der Waals surface area contributed by atoms with Gasteiger partial charge in [-0.15, -0.1) is 0 Å². The van der Waals surface area contributed by atoms with Gasteiger partial charge in [-0.2, -0.15) is 9.57 Å². The maximum atomic E-state index is 12.1. The molecule has 0 amide bonds. The van der Waals surface area contributed by atoms with Crippen LogP contribution in [0.15, 0.2) is 23.1 Å². The molecule has 1 aromatic carbocycles. The molecule has 0 aliphatic heterocycles. The Kier molecular flexibility index (Phi) is 3.13. The molecule has 0 heterocycles. The zero-order valence-corrected chi connectivity index (χ0v) is 10.8. The van der Waals surface area contributed by atoms with E-state index in [0.29, 0.717) is 0 Å². The summed E-state index contributed by atoms with van der Waals surface area (Å²) < 4.78 is 25.7. The topological polar surface area (TPSA) is 61.2 Å². The molecular formula is C11H11ClN2O2S. The van der Waals surface area contributed by atoms with Gasteiger partial charge >= 0.3 is 0 Å². The Morgan fingerprint density at radius 2 is 2.12 bits per heavy atom. The zero-order valence-electron chi connectivity index (χ0n) is 9.22. The summed E-state index contributed by atoms with van der Waals surface area (Å²) in [6.45, 7) is 0. The van der Waals surface area contributed by atoms with Crippen LogP contribution in [0.3, 0.4) is 0 Å². The van der Waals surface area contributed by atoms with Crippen LogP contribution in [0, 0.1) is 11.3 Å². The molecule has 0 aromatic heterocycles. The SMILES string of the molecule is CN(C1CC1)S(=O)(=O)c1ccc(C#N)c(Cl)c1. The highest BCUT2D eigenvalue weighted by atomic mass is 35.5. The van der Waals surface area contributed by atoms with Gasteiger partial charge in [0, 0.05) is 13.1 Å². The molecular weight excluding hydrogens is 260 g/mol. The molecule has 1 aliphatic rings. The maximum absolute atomic E-state index is 12.1. The second-order valence-electron chi connectivity index (χ2n) is 4.01. The average molecular weight is 271 g/mol. The van der Waals surface area contributed by atoms with Crippen LogP contribution in [-0.2, 0) is 10.0 Å². The monoisotopic (exact) mass is 270 g/mol. The highest BCUT2D eigenvalue weighted by molar-refractivity contribution is 7.89. The zero-order chi connectivity index (χ0) is 12.6. The molecule has 90 valence electrons. The summed E-state index contributed by atoms with van der Waals surface area (Å²) in [7, 11) is -1.92. The molecule has 4 nitrogen and oxygen atoms in total. The second-order valence-corrected chi connectivity index (χ2v) is 6.41. The van der Waals surface area contributed by atoms with E-state index < -0.39 is 10.0 Å². The second kappa shape index (κ2) is 4.30. The van der Waals surface area contributed by atoms with E-state index in [1.807, 2.05) is 6.07 Å². The Hall–Kier alpha value is -1.09. The molecule has 0 unspecified atom stereocenters. The third kappa shape index (κ3) is 2.29. The van der Waals surface area contributed by atoms with Gasteiger partial charge in [0.1, 0.15) is 6.07 Å². The summed E-state index contributed by atoms with van der Waals surface area (Å²) in [6, 6.07) is 6.17. The molecule has 2 rings (SSSR count). The fourth-order valence-electron chi connectivity index (χ4n) is 1.55. The van der Waals surface area contributed by atoms with E-state index in [4.69, 9.17) is 16.9 Å². The molecule has 0 atom stereocenters. The minimum absolute atomic E-state index is 0.106. The van der Waals surface area contributed by atoms with Gasteiger partial charge in [0.05, 0.1) is 15.5 Å². The first-order valence-electron chi connectivity index (χ1n) is 5.14. The van der Waals surface area contributed by atoms with Gasteiger partial charge in [-0.05, 0) is 31.0 Å². The summed E-state index contributed by atoms with van der Waals surface area (Å²) >= 11 is 5.83. The normalized spacial score (nSPS) is 15.9. The molecule has 17 heavy (non-hydrogen) atoms. The van der Waals surface area contributed by atoms with Crippen molar-refractivity contribution < 1.29 is 8.42 Å². The lowest BCUT2D eigenvalue weighted by Crippen LogP contribution is -2.28. The number of nitriles is 1. The van der Waals surface area contributed by atoms with Gasteiger partial charge in [0.2, 0.25) is 10.0 Å². The smallest absolute Gasteiger partial charge is 0.207 e. The number of hydrogen-bond acceptors (Lipinski definition) is 3. The number of nitrogens with zero attached hydrogens (tertiary/aromatic N) is 2. The Labute approximate surface area is 105 Å². The summed E-state index contributed by atoms with van der Waals surface area (Å²) in [5.74, 6) is 0. The van der Waals surface area contributed by atoms with Crippen LogP contribution in [0.4, 0.5) is 0 Å². The average Bonchev–Trinajstić information content (AvgIpc) is 3.11. The number of sulfonamides is 1. The van der Waals surface area contributed by atoms with Gasteiger partial charge in [0.25, 0.3) is 0 Å². The van der Waals surface area contributed by atoms with Crippen molar-refractivity contribution in [2.45, 2.75) is 23.8 Å². The standard InChI is InChI=1S/C11H11ClN2O2S/c1-14(9-3-4-9)17(15,16)10-5-2-8(7-13)11(12)6-10/h2,5-6,9H,3-4H2,1H3. The van der Waals surface area contributed by atoms with Crippen molar-refractivity contribution in [2.24, 2.45) is 0 Å². The molecule has 1 aromatic rings. The van der Waals surface area contributed by atoms with Crippen molar-refractivity contribution >= 4 is 21.6 Å². The van der Waals surface area contributed by atoms with Crippen molar-refractivity contribution in [1.29, 1.82) is 5.26 Å². The van der Waals surface area contributed by atoms with E-state index in [1.165, 1.54) is 22.5 Å². The molecule has 0 radical (unpaired) electrons. The number of halogens is 1. The summed E-state index contributed by atoms with van der Waals surface area (Å²) in [5.41, 5.74) is 0.277. The Balaban J connectivity index is 2.40. The molecule has 0 saturated heterocycles. The molecule has 1 aliphatic carbocycles. The van der Waals surface area contributed by atoms with Gasteiger partial charge in [-0.25, -0.2) is 8.42 Å². The lowest BCUT2D eigenvalue weighted by atomic mass is 10.2. The van der Waals surface area contributed by atoms with E-state index in [1.54, 1.807) is 7.05 Å². The van der Waals surface area contributed by atoms with Crippen molar-refractivity contribution in [3.8, 4) is 6.07 Å². The number of hydrogen-bond donors (Lipinski definition) is 0. The van der Waals surface area contributed by atoms with E-state index in [2.05, 4.69) is 0 Å². The van der Waals surface area contributed by atoms with E-state index in [0.717, 1.165) is 12.8 Å². The van der Waals surface area contributed by atoms with Gasteiger partial charge in [-0.1, -0.05) is 11.6 Å². The van der Waals surface area contributed by atoms with E-state index in [-0.39, 0.29) is 21.5 Å². The fourth-order valence-corrected chi connectivity index (χ4v) is 3.28. The predicted molar refractivity (Wildman–Crippen MR) is 64.1 cm³/mol. The van der Waals surface area contributed by atoms with E-state index >= 15 is 0 Å². The molecule has 0 N–H and O–H groups in total. The van der Waals surface area contributed by atoms with Gasteiger partial charge in [0.15, 0.2) is 0 Å². The summed E-state index contributed by atoms with van der Waals surface area (Å²) in [4.78, 5) is 0.135. The lowest BCUT2D eigenvalue weighted by Gasteiger charge is -2.16. The third-order valence-corrected chi connectivity index (χ3v) is 5.02. The van der Waals surface area contributed by atoms with Crippen LogP contribution in [-0.4, -0.2) is 25.8 Å². The van der Waals surface area contributed by atoms with E-state index in [9.17, 15) is 8.42 Å². The third-order valence-electron chi connectivity index (χ3n) is 2.80. The molecule has 0 bridgehead atoms. The summed E-state index contributed by atoms with van der Waals surface area (Å²) in [5, 5.41) is 8.89. The number of rotatable bonds is 3. The fraction of sp³-hybridized carbons (Fsp3) is 0.364. The predicted octanol–water partition coefficient (Wildman–Crippen LogP) is 1.99. The number of benzene rings is 1. The van der Waals surface area contributed by atoms with Crippen LogP contribution < -0.4 is 0 Å². The molecule has 1 saturated carbocycles. The van der Waals surface area contributed by atoms with Gasteiger partial charge in [-0.3, -0.25) is 0 Å². The molecule has 1 fully saturated rings. The Morgan fingerprint density at radius 3 is 2.59 bits per heavy atom. The highest BCUT2D eigenvalue weighted by Gasteiger charge is 2.35. The van der Waals surface area contributed by atoms with Crippen LogP contribution in [0.25, 0.3) is 0 Å². The van der Waals surface area contributed by atoms with Crippen molar-refractivity contribution in [2.75, 3.05) is 7.05 Å². The minimum atomic E-state index is -3.48. The first kappa shape index (κ1) is 12.4. The van der Waals surface area contributed by atoms with Crippen molar-refractivity contribution in [1.82, 2.24) is 4.31 Å². The first-order chi connectivity index (χ1) is 7.96. The van der Waals surface area contributed by atoms with Crippen LogP contribution >= 0.6 is 11.6 Å². The maximum Gasteiger partial charge on any atom is 0.243 e. The molecule has 6 heteroatoms. The Morgan fingerprint density at radius 1 is 1.47 bits per heavy atom. The minimum Gasteiger partial charge on any atom is -0.207 e. The molecule has 0 spiro atoms. The highest BCUT2D eigenvalue weighted by Crippen LogP contribution is 2.31. The van der Waals surface area contributed by atoms with Crippen molar-refractivity contribution in [3.63, 3.8) is 0 Å². The van der Waals surface area contributed by atoms with Crippen LogP contribution in [0.1, 0.15) is 18.4 Å². The van der Waals surface area contributed by atoms with Crippen LogP contribution in [0.2, 0.25) is 5.02 Å².